The summed E-state index contributed by atoms with van der Waals surface area (Å²) in [7, 11) is 4.14. The molecular weight excluding hydrogens is 250 g/mol. The first kappa shape index (κ1) is 13.4. The van der Waals surface area contributed by atoms with Crippen molar-refractivity contribution in [1.29, 1.82) is 0 Å². The number of imidazole rings is 1. The van der Waals surface area contributed by atoms with Crippen LogP contribution in [0, 0.1) is 6.92 Å². The fourth-order valence-corrected chi connectivity index (χ4v) is 3.15. The lowest BCUT2D eigenvalue weighted by atomic mass is 9.94. The highest BCUT2D eigenvalue weighted by molar-refractivity contribution is 5.10. The lowest BCUT2D eigenvalue weighted by Gasteiger charge is -2.32. The highest BCUT2D eigenvalue weighted by Crippen LogP contribution is 2.27. The Morgan fingerprint density at radius 1 is 1.35 bits per heavy atom. The Morgan fingerprint density at radius 3 is 2.85 bits per heavy atom. The monoisotopic (exact) mass is 273 g/mol. The van der Waals surface area contributed by atoms with Crippen LogP contribution in [-0.4, -0.2) is 37.3 Å². The zero-order valence-corrected chi connectivity index (χ0v) is 12.6. The van der Waals surface area contributed by atoms with Gasteiger partial charge in [0.15, 0.2) is 0 Å². The van der Waals surface area contributed by atoms with Crippen LogP contribution in [0.3, 0.4) is 0 Å². The smallest absolute Gasteiger partial charge is 0.105 e. The number of likely N-dealkylation sites (tertiary alicyclic amines) is 1. The van der Waals surface area contributed by atoms with Gasteiger partial charge in [0, 0.05) is 51.2 Å². The summed E-state index contributed by atoms with van der Waals surface area (Å²) in [4.78, 5) is 6.93. The summed E-state index contributed by atoms with van der Waals surface area (Å²) < 4.78 is 4.20. The number of aryl methyl sites for hydroxylation is 2. The van der Waals surface area contributed by atoms with Gasteiger partial charge < -0.3 is 4.57 Å². The molecule has 2 aromatic rings. The van der Waals surface area contributed by atoms with Crippen LogP contribution in [0.1, 0.15) is 36.0 Å². The molecule has 5 heteroatoms. The summed E-state index contributed by atoms with van der Waals surface area (Å²) in [6.45, 7) is 5.34. The van der Waals surface area contributed by atoms with Crippen LogP contribution in [0.4, 0.5) is 0 Å². The molecule has 0 amide bonds. The standard InChI is InChI=1S/C15H23N5/c1-12-16-9-14(18(12)2)11-20-8-4-5-13(10-20)15-6-7-17-19(15)3/h6-7,9,13H,4-5,8,10-11H2,1-3H3. The molecule has 0 radical (unpaired) electrons. The average Bonchev–Trinajstić information content (AvgIpc) is 3.00. The van der Waals surface area contributed by atoms with Gasteiger partial charge in [-0.05, 0) is 32.4 Å². The maximum atomic E-state index is 4.39. The van der Waals surface area contributed by atoms with Crippen molar-refractivity contribution in [2.24, 2.45) is 14.1 Å². The summed E-state index contributed by atoms with van der Waals surface area (Å²) in [5.41, 5.74) is 2.66. The molecule has 0 saturated carbocycles. The van der Waals surface area contributed by atoms with E-state index < -0.39 is 0 Å². The predicted molar refractivity (Wildman–Crippen MR) is 78.4 cm³/mol. The molecule has 1 saturated heterocycles. The van der Waals surface area contributed by atoms with Crippen LogP contribution in [0.15, 0.2) is 18.5 Å². The lowest BCUT2D eigenvalue weighted by molar-refractivity contribution is 0.193. The molecule has 5 nitrogen and oxygen atoms in total. The highest BCUT2D eigenvalue weighted by Gasteiger charge is 2.23. The van der Waals surface area contributed by atoms with Crippen molar-refractivity contribution in [1.82, 2.24) is 24.2 Å². The Kier molecular flexibility index (Phi) is 3.61. The topological polar surface area (TPSA) is 38.9 Å². The number of piperidine rings is 1. The fraction of sp³-hybridized carbons (Fsp3) is 0.600. The van der Waals surface area contributed by atoms with E-state index in [1.54, 1.807) is 0 Å². The van der Waals surface area contributed by atoms with Gasteiger partial charge >= 0.3 is 0 Å². The molecule has 0 N–H and O–H groups in total. The predicted octanol–water partition coefficient (Wildman–Crippen LogP) is 1.84. The minimum absolute atomic E-state index is 0.602. The second kappa shape index (κ2) is 5.40. The summed E-state index contributed by atoms with van der Waals surface area (Å²) in [5, 5.41) is 4.30. The third kappa shape index (κ3) is 2.50. The van der Waals surface area contributed by atoms with E-state index in [9.17, 15) is 0 Å². The van der Waals surface area contributed by atoms with Crippen molar-refractivity contribution in [3.05, 3.63) is 35.7 Å². The largest absolute Gasteiger partial charge is 0.334 e. The number of aromatic nitrogens is 4. The molecule has 3 heterocycles. The quantitative estimate of drug-likeness (QED) is 0.856. The second-order valence-electron chi connectivity index (χ2n) is 5.81. The third-order valence-corrected chi connectivity index (χ3v) is 4.48. The van der Waals surface area contributed by atoms with E-state index in [0.29, 0.717) is 5.92 Å². The molecule has 108 valence electrons. The summed E-state index contributed by atoms with van der Waals surface area (Å²) in [5.74, 6) is 1.69. The highest BCUT2D eigenvalue weighted by atomic mass is 15.3. The van der Waals surface area contributed by atoms with Gasteiger partial charge in [0.2, 0.25) is 0 Å². The third-order valence-electron chi connectivity index (χ3n) is 4.48. The van der Waals surface area contributed by atoms with Crippen molar-refractivity contribution >= 4 is 0 Å². The van der Waals surface area contributed by atoms with Gasteiger partial charge in [-0.1, -0.05) is 0 Å². The minimum atomic E-state index is 0.602. The molecule has 1 aliphatic rings. The molecule has 2 aromatic heterocycles. The maximum absolute atomic E-state index is 4.39. The Bertz CT molecular complexity index is 583. The Balaban J connectivity index is 1.69. The van der Waals surface area contributed by atoms with Gasteiger partial charge in [0.25, 0.3) is 0 Å². The number of hydrogen-bond acceptors (Lipinski definition) is 3. The number of hydrogen-bond donors (Lipinski definition) is 0. The summed E-state index contributed by atoms with van der Waals surface area (Å²) >= 11 is 0. The van der Waals surface area contributed by atoms with E-state index in [4.69, 9.17) is 0 Å². The van der Waals surface area contributed by atoms with Crippen LogP contribution in [-0.2, 0) is 20.6 Å². The van der Waals surface area contributed by atoms with Gasteiger partial charge in [-0.2, -0.15) is 5.10 Å². The minimum Gasteiger partial charge on any atom is -0.334 e. The van der Waals surface area contributed by atoms with Crippen LogP contribution < -0.4 is 0 Å². The Labute approximate surface area is 120 Å². The van der Waals surface area contributed by atoms with Crippen LogP contribution >= 0.6 is 0 Å². The first-order chi connectivity index (χ1) is 9.65. The van der Waals surface area contributed by atoms with E-state index in [2.05, 4.69) is 39.6 Å². The molecule has 0 spiro atoms. The van der Waals surface area contributed by atoms with Gasteiger partial charge in [0.1, 0.15) is 5.82 Å². The molecule has 1 unspecified atom stereocenters. The van der Waals surface area contributed by atoms with E-state index >= 15 is 0 Å². The SMILES string of the molecule is Cc1ncc(CN2CCCC(c3ccnn3C)C2)n1C. The van der Waals surface area contributed by atoms with Crippen molar-refractivity contribution in [2.45, 2.75) is 32.2 Å². The molecule has 20 heavy (non-hydrogen) atoms. The first-order valence-electron chi connectivity index (χ1n) is 7.32. The van der Waals surface area contributed by atoms with Crippen molar-refractivity contribution < 1.29 is 0 Å². The van der Waals surface area contributed by atoms with Crippen molar-refractivity contribution in [3.63, 3.8) is 0 Å². The van der Waals surface area contributed by atoms with E-state index in [0.717, 1.165) is 18.9 Å². The van der Waals surface area contributed by atoms with Crippen molar-refractivity contribution in [3.8, 4) is 0 Å². The molecule has 1 aliphatic heterocycles. The van der Waals surface area contributed by atoms with Crippen molar-refractivity contribution in [2.75, 3.05) is 13.1 Å². The van der Waals surface area contributed by atoms with Crippen LogP contribution in [0.5, 0.6) is 0 Å². The van der Waals surface area contributed by atoms with Crippen LogP contribution in [0.25, 0.3) is 0 Å². The Hall–Kier alpha value is -1.62. The zero-order valence-electron chi connectivity index (χ0n) is 12.6. The number of nitrogens with zero attached hydrogens (tertiary/aromatic N) is 5. The van der Waals surface area contributed by atoms with Gasteiger partial charge in [-0.25, -0.2) is 4.98 Å². The van der Waals surface area contributed by atoms with Gasteiger partial charge in [-0.15, -0.1) is 0 Å². The van der Waals surface area contributed by atoms with E-state index in [1.807, 2.05) is 24.1 Å². The second-order valence-corrected chi connectivity index (χ2v) is 5.81. The molecule has 0 aliphatic carbocycles. The average molecular weight is 273 g/mol. The molecule has 0 aromatic carbocycles. The van der Waals surface area contributed by atoms with Crippen LogP contribution in [0.2, 0.25) is 0 Å². The molecular formula is C15H23N5. The molecule has 1 fully saturated rings. The lowest BCUT2D eigenvalue weighted by Crippen LogP contribution is -2.35. The maximum Gasteiger partial charge on any atom is 0.105 e. The number of rotatable bonds is 3. The Morgan fingerprint density at radius 2 is 2.20 bits per heavy atom. The molecule has 1 atom stereocenters. The van der Waals surface area contributed by atoms with E-state index in [1.165, 1.54) is 30.8 Å². The zero-order chi connectivity index (χ0) is 14.1. The molecule has 3 rings (SSSR count). The fourth-order valence-electron chi connectivity index (χ4n) is 3.15. The first-order valence-corrected chi connectivity index (χ1v) is 7.32. The molecule has 0 bridgehead atoms. The van der Waals surface area contributed by atoms with E-state index in [-0.39, 0.29) is 0 Å². The summed E-state index contributed by atoms with van der Waals surface area (Å²) in [6, 6.07) is 2.16. The van der Waals surface area contributed by atoms with Gasteiger partial charge in [0.05, 0.1) is 5.69 Å². The van der Waals surface area contributed by atoms with Gasteiger partial charge in [-0.3, -0.25) is 9.58 Å². The normalized spacial score (nSPS) is 20.4. The summed E-state index contributed by atoms with van der Waals surface area (Å²) in [6.07, 6.45) is 6.43.